The minimum atomic E-state index is 0.563. The highest BCUT2D eigenvalue weighted by molar-refractivity contribution is 7.17. The Morgan fingerprint density at radius 3 is 2.56 bits per heavy atom. The predicted octanol–water partition coefficient (Wildman–Crippen LogP) is 3.15. The number of nitrogen functional groups attached to an aromatic ring is 1. The molecule has 0 aliphatic heterocycles. The minimum absolute atomic E-state index is 0.563. The van der Waals surface area contributed by atoms with Crippen LogP contribution in [0.1, 0.15) is 16.0 Å². The Hall–Kier alpha value is -1.99. The van der Waals surface area contributed by atoms with E-state index in [1.54, 1.807) is 0 Å². The van der Waals surface area contributed by atoms with Crippen LogP contribution in [0.3, 0.4) is 0 Å². The zero-order chi connectivity index (χ0) is 13.1. The number of benzene rings is 1. The molecule has 2 aromatic rings. The molecule has 92 valence electrons. The molecule has 0 amide bonds. The van der Waals surface area contributed by atoms with Gasteiger partial charge in [-0.05, 0) is 18.6 Å². The molecule has 18 heavy (non-hydrogen) atoms. The highest BCUT2D eigenvalue weighted by Crippen LogP contribution is 2.31. The van der Waals surface area contributed by atoms with Crippen LogP contribution in [-0.2, 0) is 6.54 Å². The van der Waals surface area contributed by atoms with E-state index in [-0.39, 0.29) is 0 Å². The molecule has 0 saturated carbocycles. The van der Waals surface area contributed by atoms with Crippen LogP contribution in [0, 0.1) is 18.3 Å². The van der Waals surface area contributed by atoms with E-state index in [9.17, 15) is 0 Å². The summed E-state index contributed by atoms with van der Waals surface area (Å²) in [4.78, 5) is 2.69. The van der Waals surface area contributed by atoms with Gasteiger partial charge in [0.05, 0.1) is 10.7 Å². The van der Waals surface area contributed by atoms with Crippen LogP contribution in [0.4, 0.5) is 10.7 Å². The topological polar surface area (TPSA) is 53.0 Å². The average Bonchev–Trinajstić information content (AvgIpc) is 2.73. The molecule has 4 heteroatoms. The van der Waals surface area contributed by atoms with Gasteiger partial charge in [-0.25, -0.2) is 0 Å². The summed E-state index contributed by atoms with van der Waals surface area (Å²) >= 11 is 1.43. The lowest BCUT2D eigenvalue weighted by atomic mass is 10.1. The molecule has 2 N–H and O–H groups in total. The molecule has 1 aromatic heterocycles. The molecule has 0 aliphatic carbocycles. The van der Waals surface area contributed by atoms with E-state index in [0.717, 1.165) is 11.5 Å². The first-order valence-corrected chi connectivity index (χ1v) is 6.48. The summed E-state index contributed by atoms with van der Waals surface area (Å²) in [5.74, 6) is 0. The standard InChI is InChI=1S/C14H15N3S/c1-10-3-5-11(6-4-10)9-17(2)14-7-12(16)13(8-15)18-14/h3-7H,9,16H2,1-2H3. The highest BCUT2D eigenvalue weighted by atomic mass is 32.1. The lowest BCUT2D eigenvalue weighted by molar-refractivity contribution is 0.934. The van der Waals surface area contributed by atoms with Crippen molar-refractivity contribution in [2.45, 2.75) is 13.5 Å². The van der Waals surface area contributed by atoms with Crippen molar-refractivity contribution in [1.82, 2.24) is 0 Å². The third-order valence-electron chi connectivity index (χ3n) is 2.77. The van der Waals surface area contributed by atoms with Crippen LogP contribution in [0.5, 0.6) is 0 Å². The summed E-state index contributed by atoms with van der Waals surface area (Å²) in [5, 5.41) is 9.91. The van der Waals surface area contributed by atoms with Gasteiger partial charge < -0.3 is 10.6 Å². The summed E-state index contributed by atoms with van der Waals surface area (Å²) in [6, 6.07) is 12.4. The number of nitrogens with zero attached hydrogens (tertiary/aromatic N) is 2. The summed E-state index contributed by atoms with van der Waals surface area (Å²) < 4.78 is 0. The summed E-state index contributed by atoms with van der Waals surface area (Å²) in [7, 11) is 2.01. The smallest absolute Gasteiger partial charge is 0.129 e. The molecular formula is C14H15N3S. The van der Waals surface area contributed by atoms with Crippen LogP contribution in [0.2, 0.25) is 0 Å². The lowest BCUT2D eigenvalue weighted by Crippen LogP contribution is -2.14. The van der Waals surface area contributed by atoms with Crippen molar-refractivity contribution in [3.8, 4) is 6.07 Å². The number of rotatable bonds is 3. The van der Waals surface area contributed by atoms with Gasteiger partial charge in [0, 0.05) is 13.6 Å². The van der Waals surface area contributed by atoms with Crippen molar-refractivity contribution >= 4 is 22.0 Å². The third-order valence-corrected chi connectivity index (χ3v) is 3.94. The largest absolute Gasteiger partial charge is 0.397 e. The maximum Gasteiger partial charge on any atom is 0.129 e. The van der Waals surface area contributed by atoms with Gasteiger partial charge in [-0.3, -0.25) is 0 Å². The molecule has 0 saturated heterocycles. The number of nitriles is 1. The highest BCUT2D eigenvalue weighted by Gasteiger charge is 2.09. The molecule has 0 spiro atoms. The molecule has 3 nitrogen and oxygen atoms in total. The van der Waals surface area contributed by atoms with Crippen molar-refractivity contribution in [3.63, 3.8) is 0 Å². The maximum atomic E-state index is 8.90. The van der Waals surface area contributed by atoms with Crippen molar-refractivity contribution in [2.24, 2.45) is 0 Å². The SMILES string of the molecule is Cc1ccc(CN(C)c2cc(N)c(C#N)s2)cc1. The van der Waals surface area contributed by atoms with Crippen LogP contribution >= 0.6 is 11.3 Å². The second kappa shape index (κ2) is 5.11. The molecule has 0 aliphatic rings. The fraction of sp³-hybridized carbons (Fsp3) is 0.214. The number of thiophene rings is 1. The molecule has 0 atom stereocenters. The number of hydrogen-bond donors (Lipinski definition) is 1. The van der Waals surface area contributed by atoms with E-state index in [1.165, 1.54) is 22.5 Å². The second-order valence-corrected chi connectivity index (χ2v) is 5.35. The van der Waals surface area contributed by atoms with E-state index in [2.05, 4.69) is 42.2 Å². The van der Waals surface area contributed by atoms with Crippen molar-refractivity contribution < 1.29 is 0 Å². The molecule has 1 heterocycles. The molecule has 0 fully saturated rings. The van der Waals surface area contributed by atoms with Gasteiger partial charge >= 0.3 is 0 Å². The second-order valence-electron chi connectivity index (χ2n) is 4.32. The first-order valence-electron chi connectivity index (χ1n) is 5.66. The third kappa shape index (κ3) is 2.63. The van der Waals surface area contributed by atoms with Gasteiger partial charge in [-0.2, -0.15) is 5.26 Å². The van der Waals surface area contributed by atoms with Crippen LogP contribution < -0.4 is 10.6 Å². The lowest BCUT2D eigenvalue weighted by Gasteiger charge is -2.16. The molecule has 0 radical (unpaired) electrons. The Morgan fingerprint density at radius 2 is 2.00 bits per heavy atom. The zero-order valence-electron chi connectivity index (χ0n) is 10.5. The van der Waals surface area contributed by atoms with Crippen molar-refractivity contribution in [3.05, 3.63) is 46.3 Å². The van der Waals surface area contributed by atoms with Gasteiger partial charge in [-0.15, -0.1) is 11.3 Å². The van der Waals surface area contributed by atoms with Gasteiger partial charge in [0.25, 0.3) is 0 Å². The minimum Gasteiger partial charge on any atom is -0.397 e. The van der Waals surface area contributed by atoms with E-state index in [1.807, 2.05) is 13.1 Å². The van der Waals surface area contributed by atoms with E-state index in [0.29, 0.717) is 10.6 Å². The maximum absolute atomic E-state index is 8.90. The Balaban J connectivity index is 2.14. The van der Waals surface area contributed by atoms with Gasteiger partial charge in [-0.1, -0.05) is 29.8 Å². The van der Waals surface area contributed by atoms with Gasteiger partial charge in [0.2, 0.25) is 0 Å². The molecule has 1 aromatic carbocycles. The molecular weight excluding hydrogens is 242 g/mol. The number of hydrogen-bond acceptors (Lipinski definition) is 4. The quantitative estimate of drug-likeness (QED) is 0.919. The van der Waals surface area contributed by atoms with Crippen LogP contribution in [0.25, 0.3) is 0 Å². The Bertz CT molecular complexity index is 578. The van der Waals surface area contributed by atoms with E-state index in [4.69, 9.17) is 11.0 Å². The Labute approximate surface area is 111 Å². The fourth-order valence-corrected chi connectivity index (χ4v) is 2.55. The number of nitrogens with two attached hydrogens (primary N) is 1. The monoisotopic (exact) mass is 257 g/mol. The Kier molecular flexibility index (Phi) is 3.54. The van der Waals surface area contributed by atoms with Crippen LogP contribution in [0.15, 0.2) is 30.3 Å². The van der Waals surface area contributed by atoms with Gasteiger partial charge in [0.1, 0.15) is 10.9 Å². The summed E-state index contributed by atoms with van der Waals surface area (Å²) in [6.07, 6.45) is 0. The van der Waals surface area contributed by atoms with Crippen molar-refractivity contribution in [2.75, 3.05) is 17.7 Å². The van der Waals surface area contributed by atoms with E-state index < -0.39 is 0 Å². The first-order chi connectivity index (χ1) is 8.60. The first kappa shape index (κ1) is 12.5. The number of anilines is 2. The number of aryl methyl sites for hydroxylation is 1. The van der Waals surface area contributed by atoms with Gasteiger partial charge in [0.15, 0.2) is 0 Å². The fourth-order valence-electron chi connectivity index (χ4n) is 1.71. The Morgan fingerprint density at radius 1 is 1.33 bits per heavy atom. The molecule has 0 unspecified atom stereocenters. The predicted molar refractivity (Wildman–Crippen MR) is 76.7 cm³/mol. The van der Waals surface area contributed by atoms with E-state index >= 15 is 0 Å². The summed E-state index contributed by atoms with van der Waals surface area (Å²) in [6.45, 7) is 2.89. The summed E-state index contributed by atoms with van der Waals surface area (Å²) in [5.41, 5.74) is 8.83. The van der Waals surface area contributed by atoms with Crippen LogP contribution in [-0.4, -0.2) is 7.05 Å². The normalized spacial score (nSPS) is 10.1. The molecule has 0 bridgehead atoms. The zero-order valence-corrected chi connectivity index (χ0v) is 11.3. The van der Waals surface area contributed by atoms with Crippen molar-refractivity contribution in [1.29, 1.82) is 5.26 Å². The average molecular weight is 257 g/mol. The molecule has 2 rings (SSSR count).